The molecule has 1 aromatic carbocycles. The van der Waals surface area contributed by atoms with Gasteiger partial charge in [-0.2, -0.15) is 0 Å². The van der Waals surface area contributed by atoms with Crippen LogP contribution in [-0.2, 0) is 4.79 Å². The van der Waals surface area contributed by atoms with Gasteiger partial charge in [-0.05, 0) is 24.6 Å². The Morgan fingerprint density at radius 3 is 2.81 bits per heavy atom. The van der Waals surface area contributed by atoms with Gasteiger partial charge in [0.25, 0.3) is 0 Å². The Hall–Kier alpha value is -1.16. The van der Waals surface area contributed by atoms with Gasteiger partial charge in [0.15, 0.2) is 0 Å². The molecule has 21 heavy (non-hydrogen) atoms. The molecule has 1 aliphatic heterocycles. The van der Waals surface area contributed by atoms with Crippen molar-refractivity contribution in [3.05, 3.63) is 18.2 Å². The van der Waals surface area contributed by atoms with Crippen LogP contribution in [0.2, 0.25) is 0 Å². The van der Waals surface area contributed by atoms with Crippen LogP contribution >= 0.6 is 11.8 Å². The summed E-state index contributed by atoms with van der Waals surface area (Å²) in [5, 5.41) is 0. The molecule has 1 aliphatic rings. The van der Waals surface area contributed by atoms with Crippen molar-refractivity contribution < 1.29 is 4.79 Å². The summed E-state index contributed by atoms with van der Waals surface area (Å²) >= 11 is 1.81. The van der Waals surface area contributed by atoms with E-state index in [1.54, 1.807) is 11.8 Å². The van der Waals surface area contributed by atoms with Gasteiger partial charge < -0.3 is 10.6 Å². The van der Waals surface area contributed by atoms with Gasteiger partial charge >= 0.3 is 0 Å². The van der Waals surface area contributed by atoms with E-state index in [1.165, 1.54) is 30.6 Å². The van der Waals surface area contributed by atoms with Crippen LogP contribution in [0.3, 0.4) is 0 Å². The minimum Gasteiger partial charge on any atom is -0.399 e. The highest BCUT2D eigenvalue weighted by Gasteiger charge is 2.22. The SMILES string of the molecule is CCCCCCCCC(=O)N1CCSc2ccc(N)cc21. The third-order valence-electron chi connectivity index (χ3n) is 3.89. The maximum atomic E-state index is 12.4. The molecule has 1 amide bonds. The second-order valence-corrected chi connectivity index (χ2v) is 6.78. The molecule has 0 aliphatic carbocycles. The summed E-state index contributed by atoms with van der Waals surface area (Å²) in [6.45, 7) is 3.02. The zero-order valence-electron chi connectivity index (χ0n) is 12.9. The van der Waals surface area contributed by atoms with Gasteiger partial charge in [-0.3, -0.25) is 4.79 Å². The quantitative estimate of drug-likeness (QED) is 0.597. The third-order valence-corrected chi connectivity index (χ3v) is 4.93. The van der Waals surface area contributed by atoms with Crippen LogP contribution in [0.4, 0.5) is 11.4 Å². The lowest BCUT2D eigenvalue weighted by Crippen LogP contribution is -2.35. The zero-order chi connectivity index (χ0) is 15.1. The molecule has 1 aromatic rings. The number of nitrogens with zero attached hydrogens (tertiary/aromatic N) is 1. The van der Waals surface area contributed by atoms with Gasteiger partial charge in [0.2, 0.25) is 5.91 Å². The number of amides is 1. The normalized spacial score (nSPS) is 14.0. The topological polar surface area (TPSA) is 46.3 Å². The van der Waals surface area contributed by atoms with Crippen molar-refractivity contribution in [1.82, 2.24) is 0 Å². The Balaban J connectivity index is 1.85. The second kappa shape index (κ2) is 8.32. The highest BCUT2D eigenvalue weighted by molar-refractivity contribution is 7.99. The average Bonchev–Trinajstić information content (AvgIpc) is 2.50. The Bertz CT molecular complexity index is 476. The molecule has 0 unspecified atom stereocenters. The van der Waals surface area contributed by atoms with Crippen molar-refractivity contribution in [2.24, 2.45) is 0 Å². The van der Waals surface area contributed by atoms with Crippen molar-refractivity contribution in [2.75, 3.05) is 22.9 Å². The summed E-state index contributed by atoms with van der Waals surface area (Å²) in [6, 6.07) is 5.87. The van der Waals surface area contributed by atoms with Gasteiger partial charge in [-0.25, -0.2) is 0 Å². The molecule has 0 saturated heterocycles. The van der Waals surface area contributed by atoms with E-state index in [1.807, 2.05) is 23.1 Å². The number of carbonyl (C=O) groups excluding carboxylic acids is 1. The molecular weight excluding hydrogens is 280 g/mol. The summed E-state index contributed by atoms with van der Waals surface area (Å²) in [4.78, 5) is 15.5. The number of hydrogen-bond acceptors (Lipinski definition) is 3. The molecule has 116 valence electrons. The number of fused-ring (bicyclic) bond motifs is 1. The molecule has 0 atom stereocenters. The lowest BCUT2D eigenvalue weighted by Gasteiger charge is -2.29. The second-order valence-electron chi connectivity index (χ2n) is 5.64. The largest absolute Gasteiger partial charge is 0.399 e. The molecule has 0 bridgehead atoms. The molecule has 2 N–H and O–H groups in total. The molecule has 1 heterocycles. The first-order valence-corrected chi connectivity index (χ1v) is 9.03. The van der Waals surface area contributed by atoms with Crippen molar-refractivity contribution >= 4 is 29.0 Å². The van der Waals surface area contributed by atoms with E-state index >= 15 is 0 Å². The number of carbonyl (C=O) groups is 1. The highest BCUT2D eigenvalue weighted by atomic mass is 32.2. The third kappa shape index (κ3) is 4.67. The summed E-state index contributed by atoms with van der Waals surface area (Å²) in [5.74, 6) is 1.22. The van der Waals surface area contributed by atoms with Crippen molar-refractivity contribution in [2.45, 2.75) is 56.8 Å². The number of hydrogen-bond donors (Lipinski definition) is 1. The van der Waals surface area contributed by atoms with Gasteiger partial charge in [-0.1, -0.05) is 39.0 Å². The average molecular weight is 306 g/mol. The minimum atomic E-state index is 0.248. The van der Waals surface area contributed by atoms with Crippen LogP contribution in [0.25, 0.3) is 0 Å². The molecule has 0 aromatic heterocycles. The van der Waals surface area contributed by atoms with Crippen LogP contribution in [-0.4, -0.2) is 18.2 Å². The molecule has 0 saturated carbocycles. The minimum absolute atomic E-state index is 0.248. The fraction of sp³-hybridized carbons (Fsp3) is 0.588. The molecule has 0 radical (unpaired) electrons. The Morgan fingerprint density at radius 1 is 1.24 bits per heavy atom. The summed E-state index contributed by atoms with van der Waals surface area (Å²) in [5.41, 5.74) is 7.60. The van der Waals surface area contributed by atoms with E-state index in [0.29, 0.717) is 6.42 Å². The lowest BCUT2D eigenvalue weighted by atomic mass is 10.1. The Kier molecular flexibility index (Phi) is 6.43. The van der Waals surface area contributed by atoms with E-state index < -0.39 is 0 Å². The Morgan fingerprint density at radius 2 is 2.00 bits per heavy atom. The van der Waals surface area contributed by atoms with Crippen LogP contribution < -0.4 is 10.6 Å². The highest BCUT2D eigenvalue weighted by Crippen LogP contribution is 2.36. The van der Waals surface area contributed by atoms with Gasteiger partial charge in [0, 0.05) is 29.3 Å². The van der Waals surface area contributed by atoms with E-state index in [9.17, 15) is 4.79 Å². The number of unbranched alkanes of at least 4 members (excludes halogenated alkanes) is 5. The van der Waals surface area contributed by atoms with Crippen LogP contribution in [0, 0.1) is 0 Å². The monoisotopic (exact) mass is 306 g/mol. The van der Waals surface area contributed by atoms with Crippen LogP contribution in [0.5, 0.6) is 0 Å². The molecule has 3 nitrogen and oxygen atoms in total. The Labute approximate surface area is 132 Å². The van der Waals surface area contributed by atoms with Crippen molar-refractivity contribution in [1.29, 1.82) is 0 Å². The first-order valence-electron chi connectivity index (χ1n) is 8.05. The first kappa shape index (κ1) is 16.2. The van der Waals surface area contributed by atoms with Crippen molar-refractivity contribution in [3.8, 4) is 0 Å². The molecular formula is C17H26N2OS. The summed E-state index contributed by atoms with van der Waals surface area (Å²) < 4.78 is 0. The van der Waals surface area contributed by atoms with Gasteiger partial charge in [-0.15, -0.1) is 11.8 Å². The lowest BCUT2D eigenvalue weighted by molar-refractivity contribution is -0.118. The molecule has 2 rings (SSSR count). The standard InChI is InChI=1S/C17H26N2OS/c1-2-3-4-5-6-7-8-17(20)19-11-12-21-16-10-9-14(18)13-15(16)19/h9-10,13H,2-8,11-12,18H2,1H3. The maximum absolute atomic E-state index is 12.4. The number of nitrogens with two attached hydrogens (primary N) is 1. The smallest absolute Gasteiger partial charge is 0.227 e. The van der Waals surface area contributed by atoms with Gasteiger partial charge in [0.1, 0.15) is 0 Å². The summed E-state index contributed by atoms with van der Waals surface area (Å²) in [7, 11) is 0. The van der Waals surface area contributed by atoms with E-state index in [4.69, 9.17) is 5.73 Å². The predicted octanol–water partition coefficient (Wildman–Crippen LogP) is 4.46. The van der Waals surface area contributed by atoms with E-state index in [2.05, 4.69) is 6.92 Å². The number of rotatable bonds is 7. The van der Waals surface area contributed by atoms with E-state index in [0.717, 1.165) is 36.5 Å². The summed E-state index contributed by atoms with van der Waals surface area (Å²) in [6.07, 6.45) is 7.95. The van der Waals surface area contributed by atoms with Crippen molar-refractivity contribution in [3.63, 3.8) is 0 Å². The molecule has 0 fully saturated rings. The molecule has 0 spiro atoms. The predicted molar refractivity (Wildman–Crippen MR) is 91.9 cm³/mol. The fourth-order valence-corrected chi connectivity index (χ4v) is 3.66. The maximum Gasteiger partial charge on any atom is 0.227 e. The fourth-order valence-electron chi connectivity index (χ4n) is 2.69. The van der Waals surface area contributed by atoms with Gasteiger partial charge in [0.05, 0.1) is 5.69 Å². The van der Waals surface area contributed by atoms with Crippen LogP contribution in [0.15, 0.2) is 23.1 Å². The number of thioether (sulfide) groups is 1. The zero-order valence-corrected chi connectivity index (χ0v) is 13.8. The number of benzene rings is 1. The van der Waals surface area contributed by atoms with Crippen LogP contribution in [0.1, 0.15) is 51.9 Å². The number of nitrogen functional groups attached to an aromatic ring is 1. The number of anilines is 2. The molecule has 4 heteroatoms. The van der Waals surface area contributed by atoms with E-state index in [-0.39, 0.29) is 5.91 Å². The first-order chi connectivity index (χ1) is 10.2.